The Kier molecular flexibility index (Phi) is 5.10. The normalized spacial score (nSPS) is 14.7. The molecule has 0 unspecified atom stereocenters. The van der Waals surface area contributed by atoms with E-state index >= 15 is 0 Å². The van der Waals surface area contributed by atoms with E-state index in [-0.39, 0.29) is 18.4 Å². The zero-order valence-electron chi connectivity index (χ0n) is 9.14. The molecule has 1 aliphatic carbocycles. The Labute approximate surface area is 90.0 Å². The summed E-state index contributed by atoms with van der Waals surface area (Å²) >= 11 is 0. The van der Waals surface area contributed by atoms with Crippen LogP contribution in [0.2, 0.25) is 0 Å². The molecular weight excluding hydrogens is 194 g/mol. The molecule has 0 saturated heterocycles. The minimum Gasteiger partial charge on any atom is -0.355 e. The average Bonchev–Trinajstić information content (AvgIpc) is 2.98. The van der Waals surface area contributed by atoms with E-state index in [9.17, 15) is 9.59 Å². The Morgan fingerprint density at radius 3 is 2.53 bits per heavy atom. The Bertz CT molecular complexity index is 227. The first-order chi connectivity index (χ1) is 7.18. The third kappa shape index (κ3) is 6.90. The number of hydrogen-bond acceptors (Lipinski definition) is 3. The molecule has 2 amide bonds. The first-order valence-electron chi connectivity index (χ1n) is 5.43. The van der Waals surface area contributed by atoms with Crippen molar-refractivity contribution in [1.82, 2.24) is 16.0 Å². The fraction of sp³-hybridized carbons (Fsp3) is 0.800. The SMILES string of the molecule is CC(=O)NCC(=O)NCCCNC1CC1. The van der Waals surface area contributed by atoms with Gasteiger partial charge in [0.15, 0.2) is 0 Å². The van der Waals surface area contributed by atoms with Crippen LogP contribution in [0.15, 0.2) is 0 Å². The van der Waals surface area contributed by atoms with Crippen molar-refractivity contribution in [3.8, 4) is 0 Å². The van der Waals surface area contributed by atoms with Crippen LogP contribution in [0.4, 0.5) is 0 Å². The van der Waals surface area contributed by atoms with E-state index in [1.165, 1.54) is 19.8 Å². The minimum atomic E-state index is -0.180. The highest BCUT2D eigenvalue weighted by atomic mass is 16.2. The zero-order chi connectivity index (χ0) is 11.1. The van der Waals surface area contributed by atoms with Gasteiger partial charge in [-0.1, -0.05) is 0 Å². The Hall–Kier alpha value is -1.10. The maximum atomic E-state index is 11.1. The molecule has 15 heavy (non-hydrogen) atoms. The van der Waals surface area contributed by atoms with Gasteiger partial charge < -0.3 is 16.0 Å². The van der Waals surface area contributed by atoms with E-state index in [2.05, 4.69) is 16.0 Å². The molecule has 0 spiro atoms. The lowest BCUT2D eigenvalue weighted by Gasteiger charge is -2.06. The first kappa shape index (κ1) is 12.0. The van der Waals surface area contributed by atoms with Gasteiger partial charge in [-0.05, 0) is 25.8 Å². The van der Waals surface area contributed by atoms with Crippen LogP contribution in [0.3, 0.4) is 0 Å². The fourth-order valence-electron chi connectivity index (χ4n) is 1.18. The van der Waals surface area contributed by atoms with E-state index < -0.39 is 0 Å². The lowest BCUT2D eigenvalue weighted by molar-refractivity contribution is -0.125. The molecule has 0 bridgehead atoms. The molecule has 0 aliphatic heterocycles. The number of carbonyl (C=O) groups is 2. The Morgan fingerprint density at radius 1 is 1.20 bits per heavy atom. The van der Waals surface area contributed by atoms with Crippen molar-refractivity contribution in [3.05, 3.63) is 0 Å². The van der Waals surface area contributed by atoms with E-state index in [1.54, 1.807) is 0 Å². The van der Waals surface area contributed by atoms with Crippen molar-refractivity contribution in [1.29, 1.82) is 0 Å². The fourth-order valence-corrected chi connectivity index (χ4v) is 1.18. The molecule has 0 aromatic rings. The van der Waals surface area contributed by atoms with Crippen LogP contribution in [0.25, 0.3) is 0 Å². The maximum Gasteiger partial charge on any atom is 0.239 e. The van der Waals surface area contributed by atoms with Crippen LogP contribution >= 0.6 is 0 Å². The largest absolute Gasteiger partial charge is 0.355 e. The predicted octanol–water partition coefficient (Wildman–Crippen LogP) is -0.619. The highest BCUT2D eigenvalue weighted by molar-refractivity contribution is 5.83. The highest BCUT2D eigenvalue weighted by Crippen LogP contribution is 2.18. The second kappa shape index (κ2) is 6.40. The summed E-state index contributed by atoms with van der Waals surface area (Å²) in [4.78, 5) is 21.6. The van der Waals surface area contributed by atoms with Crippen molar-refractivity contribution >= 4 is 11.8 Å². The number of rotatable bonds is 7. The molecule has 86 valence electrons. The van der Waals surface area contributed by atoms with Crippen LogP contribution in [0.5, 0.6) is 0 Å². The number of amides is 2. The monoisotopic (exact) mass is 213 g/mol. The standard InChI is InChI=1S/C10H19N3O2/c1-8(14)13-7-10(15)12-6-2-5-11-9-3-4-9/h9,11H,2-7H2,1H3,(H,12,15)(H,13,14). The summed E-state index contributed by atoms with van der Waals surface area (Å²) in [6, 6.07) is 0.722. The second-order valence-electron chi connectivity index (χ2n) is 3.84. The van der Waals surface area contributed by atoms with E-state index in [0.29, 0.717) is 6.54 Å². The lowest BCUT2D eigenvalue weighted by Crippen LogP contribution is -2.37. The van der Waals surface area contributed by atoms with Crippen LogP contribution in [-0.2, 0) is 9.59 Å². The summed E-state index contributed by atoms with van der Waals surface area (Å²) in [7, 11) is 0. The molecule has 0 radical (unpaired) electrons. The molecule has 1 saturated carbocycles. The lowest BCUT2D eigenvalue weighted by atomic mass is 10.4. The second-order valence-corrected chi connectivity index (χ2v) is 3.84. The first-order valence-corrected chi connectivity index (χ1v) is 5.43. The molecule has 3 N–H and O–H groups in total. The molecule has 1 fully saturated rings. The van der Waals surface area contributed by atoms with Crippen LogP contribution in [0.1, 0.15) is 26.2 Å². The molecule has 0 aromatic carbocycles. The van der Waals surface area contributed by atoms with Crippen LogP contribution in [0, 0.1) is 0 Å². The maximum absolute atomic E-state index is 11.1. The molecule has 1 rings (SSSR count). The van der Waals surface area contributed by atoms with Gasteiger partial charge in [-0.3, -0.25) is 9.59 Å². The zero-order valence-corrected chi connectivity index (χ0v) is 9.14. The third-order valence-corrected chi connectivity index (χ3v) is 2.18. The molecule has 0 heterocycles. The van der Waals surface area contributed by atoms with Gasteiger partial charge in [-0.25, -0.2) is 0 Å². The smallest absolute Gasteiger partial charge is 0.239 e. The number of carbonyl (C=O) groups excluding carboxylic acids is 2. The van der Waals surface area contributed by atoms with E-state index in [4.69, 9.17) is 0 Å². The van der Waals surface area contributed by atoms with Crippen molar-refractivity contribution in [3.63, 3.8) is 0 Å². The van der Waals surface area contributed by atoms with Gasteiger partial charge in [0, 0.05) is 19.5 Å². The molecule has 5 nitrogen and oxygen atoms in total. The third-order valence-electron chi connectivity index (χ3n) is 2.18. The van der Waals surface area contributed by atoms with Gasteiger partial charge >= 0.3 is 0 Å². The number of nitrogens with one attached hydrogen (secondary N) is 3. The quantitative estimate of drug-likeness (QED) is 0.494. The summed E-state index contributed by atoms with van der Waals surface area (Å²) < 4.78 is 0. The van der Waals surface area contributed by atoms with Crippen LogP contribution < -0.4 is 16.0 Å². The number of hydrogen-bond donors (Lipinski definition) is 3. The van der Waals surface area contributed by atoms with Gasteiger partial charge in [0.1, 0.15) is 0 Å². The van der Waals surface area contributed by atoms with Crippen molar-refractivity contribution < 1.29 is 9.59 Å². The Morgan fingerprint density at radius 2 is 1.93 bits per heavy atom. The summed E-state index contributed by atoms with van der Waals surface area (Å²) in [5.41, 5.74) is 0. The summed E-state index contributed by atoms with van der Waals surface area (Å²) in [5, 5.41) is 8.55. The van der Waals surface area contributed by atoms with Crippen molar-refractivity contribution in [2.75, 3.05) is 19.6 Å². The van der Waals surface area contributed by atoms with Gasteiger partial charge in [-0.2, -0.15) is 0 Å². The molecule has 0 aromatic heterocycles. The van der Waals surface area contributed by atoms with E-state index in [1.807, 2.05) is 0 Å². The van der Waals surface area contributed by atoms with Gasteiger partial charge in [-0.15, -0.1) is 0 Å². The van der Waals surface area contributed by atoms with Gasteiger partial charge in [0.05, 0.1) is 6.54 Å². The van der Waals surface area contributed by atoms with Crippen LogP contribution in [-0.4, -0.2) is 37.5 Å². The van der Waals surface area contributed by atoms with Crippen molar-refractivity contribution in [2.24, 2.45) is 0 Å². The molecule has 0 atom stereocenters. The Balaban J connectivity index is 1.84. The summed E-state index contributed by atoms with van der Waals surface area (Å²) in [6.07, 6.45) is 3.51. The van der Waals surface area contributed by atoms with E-state index in [0.717, 1.165) is 19.0 Å². The van der Waals surface area contributed by atoms with Gasteiger partial charge in [0.2, 0.25) is 11.8 Å². The predicted molar refractivity (Wildman–Crippen MR) is 57.3 cm³/mol. The van der Waals surface area contributed by atoms with Crippen molar-refractivity contribution in [2.45, 2.75) is 32.2 Å². The molecule has 1 aliphatic rings. The topological polar surface area (TPSA) is 70.2 Å². The average molecular weight is 213 g/mol. The highest BCUT2D eigenvalue weighted by Gasteiger charge is 2.19. The minimum absolute atomic E-state index is 0.0748. The summed E-state index contributed by atoms with van der Waals surface area (Å²) in [6.45, 7) is 3.08. The summed E-state index contributed by atoms with van der Waals surface area (Å²) in [5.74, 6) is -0.308. The van der Waals surface area contributed by atoms with Gasteiger partial charge in [0.25, 0.3) is 0 Å². The molecular formula is C10H19N3O2. The molecule has 5 heteroatoms.